The van der Waals surface area contributed by atoms with E-state index < -0.39 is 40.7 Å². The van der Waals surface area contributed by atoms with Crippen LogP contribution in [0.15, 0.2) is 96.1 Å². The van der Waals surface area contributed by atoms with Gasteiger partial charge in [0.15, 0.2) is 0 Å². The Bertz CT molecular complexity index is 1310. The van der Waals surface area contributed by atoms with Crippen molar-refractivity contribution in [3.05, 3.63) is 118 Å². The third kappa shape index (κ3) is 8.87. The Hall–Kier alpha value is -3.28. The predicted molar refractivity (Wildman–Crippen MR) is 144 cm³/mol. The van der Waals surface area contributed by atoms with E-state index >= 15 is 0 Å². The number of rotatable bonds is 13. The molecule has 1 N–H and O–H groups in total. The molecule has 1 fully saturated rings. The van der Waals surface area contributed by atoms with Gasteiger partial charge in [-0.25, -0.2) is 4.18 Å². The molecular formula is C28H31N3O7S. The van der Waals surface area contributed by atoms with Gasteiger partial charge in [0.1, 0.15) is 0 Å². The Morgan fingerprint density at radius 2 is 1.28 bits per heavy atom. The molecule has 0 amide bonds. The van der Waals surface area contributed by atoms with Gasteiger partial charge in [0.25, 0.3) is 0 Å². The Labute approximate surface area is 228 Å². The van der Waals surface area contributed by atoms with Gasteiger partial charge in [0.2, 0.25) is 0 Å². The Balaban J connectivity index is 1.62. The van der Waals surface area contributed by atoms with Crippen LogP contribution in [0.5, 0.6) is 0 Å². The lowest BCUT2D eigenvalue weighted by molar-refractivity contribution is -0.166. The minimum Gasteiger partial charge on any atom is -0.376 e. The fourth-order valence-electron chi connectivity index (χ4n) is 4.72. The summed E-state index contributed by atoms with van der Waals surface area (Å²) in [5.41, 5.74) is 12.1. The first-order valence-electron chi connectivity index (χ1n) is 12.6. The average molecular weight is 554 g/mol. The lowest BCUT2D eigenvalue weighted by Crippen LogP contribution is -2.56. The van der Waals surface area contributed by atoms with Crippen molar-refractivity contribution in [3.8, 4) is 0 Å². The fraction of sp³-hybridized carbons (Fsp3) is 0.357. The minimum atomic E-state index is -4.85. The second-order valence-corrected chi connectivity index (χ2v) is 10.3. The van der Waals surface area contributed by atoms with Crippen LogP contribution in [0, 0.1) is 5.92 Å². The lowest BCUT2D eigenvalue weighted by Gasteiger charge is -2.44. The summed E-state index contributed by atoms with van der Waals surface area (Å²) < 4.78 is 56.6. The highest BCUT2D eigenvalue weighted by atomic mass is 32.3. The van der Waals surface area contributed by atoms with Crippen molar-refractivity contribution in [2.45, 2.75) is 50.6 Å². The van der Waals surface area contributed by atoms with Crippen molar-refractivity contribution in [1.82, 2.24) is 0 Å². The summed E-state index contributed by atoms with van der Waals surface area (Å²) in [6.07, 6.45) is -2.63. The molecule has 0 saturated heterocycles. The van der Waals surface area contributed by atoms with Crippen LogP contribution in [0.4, 0.5) is 0 Å². The maximum Gasteiger partial charge on any atom is 0.397 e. The van der Waals surface area contributed by atoms with Gasteiger partial charge in [0.05, 0.1) is 50.8 Å². The van der Waals surface area contributed by atoms with Crippen LogP contribution in [0.1, 0.15) is 23.1 Å². The van der Waals surface area contributed by atoms with Crippen LogP contribution in [-0.2, 0) is 48.6 Å². The highest BCUT2D eigenvalue weighted by Gasteiger charge is 2.48. The molecule has 4 rings (SSSR count). The van der Waals surface area contributed by atoms with Crippen LogP contribution >= 0.6 is 0 Å². The highest BCUT2D eigenvalue weighted by Crippen LogP contribution is 2.36. The quantitative estimate of drug-likeness (QED) is 0.132. The van der Waals surface area contributed by atoms with E-state index in [1.165, 1.54) is 0 Å². The molecule has 0 radical (unpaired) electrons. The zero-order valence-electron chi connectivity index (χ0n) is 21.2. The molecule has 10 nitrogen and oxygen atoms in total. The molecule has 3 aromatic rings. The summed E-state index contributed by atoms with van der Waals surface area (Å²) in [4.78, 5) is 2.93. The molecule has 5 atom stereocenters. The van der Waals surface area contributed by atoms with E-state index in [1.54, 1.807) is 0 Å². The first-order chi connectivity index (χ1) is 18.9. The Kier molecular flexibility index (Phi) is 10.5. The zero-order valence-corrected chi connectivity index (χ0v) is 22.0. The summed E-state index contributed by atoms with van der Waals surface area (Å²) >= 11 is 0. The molecule has 1 aliphatic rings. The summed E-state index contributed by atoms with van der Waals surface area (Å²) in [7, 11) is -4.85. The van der Waals surface area contributed by atoms with Gasteiger partial charge in [-0.05, 0) is 28.6 Å². The smallest absolute Gasteiger partial charge is 0.376 e. The summed E-state index contributed by atoms with van der Waals surface area (Å²) in [5, 5.41) is 3.84. The van der Waals surface area contributed by atoms with Crippen molar-refractivity contribution in [2.75, 3.05) is 6.61 Å². The summed E-state index contributed by atoms with van der Waals surface area (Å²) in [5.74, 6) is -0.407. The first-order valence-corrected chi connectivity index (χ1v) is 13.9. The molecule has 0 bridgehead atoms. The molecule has 0 aliphatic heterocycles. The molecule has 1 aliphatic carbocycles. The number of nitrogens with zero attached hydrogens (tertiary/aromatic N) is 3. The largest absolute Gasteiger partial charge is 0.397 e. The van der Waals surface area contributed by atoms with Crippen molar-refractivity contribution in [3.63, 3.8) is 0 Å². The van der Waals surface area contributed by atoms with E-state index in [0.717, 1.165) is 16.7 Å². The topological polar surface area (TPSA) is 140 Å². The molecule has 0 spiro atoms. The fourth-order valence-corrected chi connectivity index (χ4v) is 5.23. The van der Waals surface area contributed by atoms with E-state index in [1.807, 2.05) is 91.0 Å². The van der Waals surface area contributed by atoms with E-state index in [0.29, 0.717) is 6.61 Å². The monoisotopic (exact) mass is 553 g/mol. The van der Waals surface area contributed by atoms with Crippen LogP contribution in [-0.4, -0.2) is 43.9 Å². The van der Waals surface area contributed by atoms with Crippen molar-refractivity contribution in [1.29, 1.82) is 0 Å². The van der Waals surface area contributed by atoms with E-state index in [9.17, 15) is 18.5 Å². The third-order valence-electron chi connectivity index (χ3n) is 6.49. The molecule has 39 heavy (non-hydrogen) atoms. The molecule has 206 valence electrons. The SMILES string of the molecule is [N-]=[N+]=N[C@@H]1[C@@H](OCc2ccccc2)[C@H](OCc2ccccc2)[C@@H](COCc2ccccc2)C[C@H]1OS(=O)(=O)O. The van der Waals surface area contributed by atoms with Crippen LogP contribution in [0.2, 0.25) is 0 Å². The van der Waals surface area contributed by atoms with Crippen molar-refractivity contribution in [2.24, 2.45) is 11.0 Å². The first kappa shape index (κ1) is 28.7. The van der Waals surface area contributed by atoms with Gasteiger partial charge in [-0.1, -0.05) is 96.1 Å². The van der Waals surface area contributed by atoms with Crippen LogP contribution < -0.4 is 0 Å². The van der Waals surface area contributed by atoms with Crippen LogP contribution in [0.3, 0.4) is 0 Å². The number of ether oxygens (including phenoxy) is 3. The van der Waals surface area contributed by atoms with Crippen LogP contribution in [0.25, 0.3) is 10.4 Å². The number of hydrogen-bond donors (Lipinski definition) is 1. The summed E-state index contributed by atoms with van der Waals surface area (Å²) in [6.45, 7) is 0.929. The molecule has 11 heteroatoms. The molecule has 3 aromatic carbocycles. The van der Waals surface area contributed by atoms with Crippen molar-refractivity contribution < 1.29 is 31.4 Å². The standard InChI is InChI=1S/C28H31N3O7S/c29-31-30-26-25(38-39(32,33)34)16-24(20-35-17-21-10-4-1-5-11-21)27(36-18-22-12-6-2-7-13-22)28(26)37-19-23-14-8-3-9-15-23/h1-15,24-28H,16-20H2,(H,32,33,34)/t24-,25-,26+,27-,28-/m1/s1. The number of hydrogen-bond acceptors (Lipinski definition) is 7. The third-order valence-corrected chi connectivity index (χ3v) is 6.98. The van der Waals surface area contributed by atoms with E-state index in [-0.39, 0.29) is 26.2 Å². The van der Waals surface area contributed by atoms with Gasteiger partial charge >= 0.3 is 10.4 Å². The zero-order chi connectivity index (χ0) is 27.5. The molecule has 0 unspecified atom stereocenters. The van der Waals surface area contributed by atoms with E-state index in [2.05, 4.69) is 10.0 Å². The number of azide groups is 1. The van der Waals surface area contributed by atoms with E-state index in [4.69, 9.17) is 18.4 Å². The Morgan fingerprint density at radius 1 is 0.795 bits per heavy atom. The molecular weight excluding hydrogens is 522 g/mol. The van der Waals surface area contributed by atoms with Gasteiger partial charge in [0, 0.05) is 10.8 Å². The van der Waals surface area contributed by atoms with Gasteiger partial charge < -0.3 is 14.2 Å². The van der Waals surface area contributed by atoms with Gasteiger partial charge in [-0.15, -0.1) is 0 Å². The second kappa shape index (κ2) is 14.2. The molecule has 0 heterocycles. The minimum absolute atomic E-state index is 0.0862. The molecule has 0 aromatic heterocycles. The maximum atomic E-state index is 11.7. The second-order valence-electron chi connectivity index (χ2n) is 9.28. The van der Waals surface area contributed by atoms with Gasteiger partial charge in [-0.3, -0.25) is 4.55 Å². The Morgan fingerprint density at radius 3 is 1.77 bits per heavy atom. The number of benzene rings is 3. The van der Waals surface area contributed by atoms with Gasteiger partial charge in [-0.2, -0.15) is 8.42 Å². The maximum absolute atomic E-state index is 11.7. The average Bonchev–Trinajstić information content (AvgIpc) is 2.93. The molecule has 1 saturated carbocycles. The lowest BCUT2D eigenvalue weighted by atomic mass is 9.79. The normalized spacial score (nSPS) is 23.2. The highest BCUT2D eigenvalue weighted by molar-refractivity contribution is 7.80. The predicted octanol–water partition coefficient (Wildman–Crippen LogP) is 5.26. The summed E-state index contributed by atoms with van der Waals surface area (Å²) in [6, 6.07) is 27.5. The van der Waals surface area contributed by atoms with Crippen molar-refractivity contribution >= 4 is 10.4 Å².